The van der Waals surface area contributed by atoms with Crippen molar-refractivity contribution in [3.05, 3.63) is 22.5 Å². The first-order valence-corrected chi connectivity index (χ1v) is 5.59. The number of rotatable bonds is 0. The molecule has 1 heterocycles. The Morgan fingerprint density at radius 3 is 2.21 bits per heavy atom. The maximum absolute atomic E-state index is 12.8. The average molecular weight is 281 g/mol. The molecule has 0 spiro atoms. The number of alkyl halides is 6. The van der Waals surface area contributed by atoms with Crippen LogP contribution < -0.4 is 0 Å². The number of aromatic amines is 1. The molecule has 0 aromatic carbocycles. The van der Waals surface area contributed by atoms with Crippen LogP contribution in [0.25, 0.3) is 0 Å². The van der Waals surface area contributed by atoms with Crippen LogP contribution in [0.5, 0.6) is 0 Å². The van der Waals surface area contributed by atoms with Crippen LogP contribution in [0.1, 0.15) is 41.8 Å². The summed E-state index contributed by atoms with van der Waals surface area (Å²) in [5.74, 6) is 4.71. The van der Waals surface area contributed by atoms with Crippen molar-refractivity contribution in [2.24, 2.45) is 0 Å². The molecular formula is C12H9F6N. The first-order valence-electron chi connectivity index (χ1n) is 5.59. The van der Waals surface area contributed by atoms with E-state index in [1.54, 1.807) is 0 Å². The summed E-state index contributed by atoms with van der Waals surface area (Å²) in [5, 5.41) is 0. The summed E-state index contributed by atoms with van der Waals surface area (Å²) < 4.78 is 76.6. The van der Waals surface area contributed by atoms with Crippen molar-refractivity contribution in [3.63, 3.8) is 0 Å². The average Bonchev–Trinajstić information content (AvgIpc) is 2.54. The Kier molecular flexibility index (Phi) is 3.29. The minimum Gasteiger partial charge on any atom is -0.353 e. The van der Waals surface area contributed by atoms with E-state index in [0.29, 0.717) is 19.3 Å². The fourth-order valence-corrected chi connectivity index (χ4v) is 2.04. The summed E-state index contributed by atoms with van der Waals surface area (Å²) in [6.07, 6.45) is -8.45. The third kappa shape index (κ3) is 2.72. The second kappa shape index (κ2) is 4.51. The molecule has 0 bridgehead atoms. The number of halogens is 6. The van der Waals surface area contributed by atoms with Crippen LogP contribution in [0.2, 0.25) is 0 Å². The van der Waals surface area contributed by atoms with Crippen molar-refractivity contribution in [3.8, 4) is 11.8 Å². The molecule has 1 nitrogen and oxygen atoms in total. The third-order valence-electron chi connectivity index (χ3n) is 2.84. The molecule has 1 aliphatic carbocycles. The molecule has 0 radical (unpaired) electrons. The van der Waals surface area contributed by atoms with Crippen LogP contribution in [0.15, 0.2) is 0 Å². The molecule has 1 aromatic heterocycles. The lowest BCUT2D eigenvalue weighted by atomic mass is 10.0. The normalized spacial score (nSPS) is 16.1. The number of fused-ring (bicyclic) bond motifs is 1. The van der Waals surface area contributed by atoms with Gasteiger partial charge >= 0.3 is 12.4 Å². The Labute approximate surface area is 105 Å². The molecule has 19 heavy (non-hydrogen) atoms. The van der Waals surface area contributed by atoms with Gasteiger partial charge in [0.15, 0.2) is 0 Å². The van der Waals surface area contributed by atoms with Crippen molar-refractivity contribution in [1.29, 1.82) is 0 Å². The molecule has 0 unspecified atom stereocenters. The van der Waals surface area contributed by atoms with Crippen molar-refractivity contribution < 1.29 is 26.3 Å². The molecule has 0 amide bonds. The second-order valence-corrected chi connectivity index (χ2v) is 4.23. The molecule has 104 valence electrons. The zero-order chi connectivity index (χ0) is 14.3. The van der Waals surface area contributed by atoms with E-state index < -0.39 is 29.2 Å². The Hall–Kier alpha value is -1.58. The maximum Gasteiger partial charge on any atom is 0.431 e. The predicted octanol–water partition coefficient (Wildman–Crippen LogP) is 4.13. The highest BCUT2D eigenvalue weighted by Crippen LogP contribution is 2.43. The number of H-pyrrole nitrogens is 1. The lowest BCUT2D eigenvalue weighted by Crippen LogP contribution is -2.16. The number of nitrogens with one attached hydrogen (secondary N) is 1. The van der Waals surface area contributed by atoms with Crippen LogP contribution >= 0.6 is 0 Å². The van der Waals surface area contributed by atoms with Crippen LogP contribution in [-0.2, 0) is 18.8 Å². The summed E-state index contributed by atoms with van der Waals surface area (Å²) in [4.78, 5) is 1.87. The van der Waals surface area contributed by atoms with Gasteiger partial charge in [0, 0.05) is 12.1 Å². The number of hydrogen-bond donors (Lipinski definition) is 1. The summed E-state index contributed by atoms with van der Waals surface area (Å²) in [6, 6.07) is 0. The van der Waals surface area contributed by atoms with E-state index in [9.17, 15) is 26.3 Å². The van der Waals surface area contributed by atoms with Gasteiger partial charge in [-0.3, -0.25) is 0 Å². The molecule has 1 aliphatic rings. The van der Waals surface area contributed by atoms with Crippen molar-refractivity contribution in [1.82, 2.24) is 4.98 Å². The Morgan fingerprint density at radius 2 is 1.63 bits per heavy atom. The summed E-state index contributed by atoms with van der Waals surface area (Å²) in [6.45, 7) is 0. The van der Waals surface area contributed by atoms with Crippen LogP contribution in [0.4, 0.5) is 26.3 Å². The van der Waals surface area contributed by atoms with Crippen LogP contribution in [0.3, 0.4) is 0 Å². The van der Waals surface area contributed by atoms with Gasteiger partial charge in [-0.2, -0.15) is 26.3 Å². The highest BCUT2D eigenvalue weighted by Gasteiger charge is 2.47. The first kappa shape index (κ1) is 13.8. The Bertz CT molecular complexity index is 538. The topological polar surface area (TPSA) is 15.8 Å². The van der Waals surface area contributed by atoms with Gasteiger partial charge in [0.1, 0.15) is 11.3 Å². The Balaban J connectivity index is 2.70. The minimum atomic E-state index is -5.08. The van der Waals surface area contributed by atoms with Crippen molar-refractivity contribution in [2.75, 3.05) is 0 Å². The zero-order valence-corrected chi connectivity index (χ0v) is 9.60. The van der Waals surface area contributed by atoms with E-state index in [1.807, 2.05) is 4.98 Å². The van der Waals surface area contributed by atoms with Crippen molar-refractivity contribution >= 4 is 0 Å². The van der Waals surface area contributed by atoms with Crippen LogP contribution in [0, 0.1) is 11.8 Å². The first-order chi connectivity index (χ1) is 8.71. The minimum absolute atomic E-state index is 0.0770. The molecule has 1 N–H and O–H groups in total. The highest BCUT2D eigenvalue weighted by atomic mass is 19.4. The molecule has 1 aromatic rings. The largest absolute Gasteiger partial charge is 0.431 e. The monoisotopic (exact) mass is 281 g/mol. The molecule has 0 atom stereocenters. The number of hydrogen-bond acceptors (Lipinski definition) is 0. The van der Waals surface area contributed by atoms with Gasteiger partial charge in [-0.25, -0.2) is 0 Å². The fraction of sp³-hybridized carbons (Fsp3) is 0.500. The highest BCUT2D eigenvalue weighted by molar-refractivity contribution is 5.51. The molecule has 0 aliphatic heterocycles. The van der Waals surface area contributed by atoms with E-state index in [4.69, 9.17) is 0 Å². The molecule has 0 saturated heterocycles. The summed E-state index contributed by atoms with van der Waals surface area (Å²) in [5.41, 5.74) is -4.07. The molecular weight excluding hydrogens is 272 g/mol. The van der Waals surface area contributed by atoms with E-state index in [0.717, 1.165) is 0 Å². The lowest BCUT2D eigenvalue weighted by molar-refractivity contribution is -0.163. The van der Waals surface area contributed by atoms with Gasteiger partial charge in [0.25, 0.3) is 0 Å². The van der Waals surface area contributed by atoms with Gasteiger partial charge < -0.3 is 4.98 Å². The van der Waals surface area contributed by atoms with Gasteiger partial charge in [-0.05, 0) is 19.3 Å². The molecule has 0 fully saturated rings. The van der Waals surface area contributed by atoms with Gasteiger partial charge in [0.05, 0.1) is 5.56 Å². The fourth-order valence-electron chi connectivity index (χ4n) is 2.04. The van der Waals surface area contributed by atoms with E-state index in [1.165, 1.54) is 0 Å². The predicted molar refractivity (Wildman–Crippen MR) is 55.2 cm³/mol. The maximum atomic E-state index is 12.8. The third-order valence-corrected chi connectivity index (χ3v) is 2.84. The number of aryl methyl sites for hydroxylation is 1. The SMILES string of the molecule is FC(F)(F)c1[nH]c2c(c1C(F)(F)F)C#CCCCC2. The molecule has 0 saturated carbocycles. The standard InChI is InChI=1S/C12H9F6N/c13-11(14,15)9-7-5-3-1-2-4-6-8(7)19-10(9)12(16,17)18/h19H,1-2,4,6H2. The van der Waals surface area contributed by atoms with E-state index >= 15 is 0 Å². The smallest absolute Gasteiger partial charge is 0.353 e. The molecule has 2 rings (SSSR count). The van der Waals surface area contributed by atoms with Crippen molar-refractivity contribution in [2.45, 2.75) is 38.0 Å². The summed E-state index contributed by atoms with van der Waals surface area (Å²) in [7, 11) is 0. The second-order valence-electron chi connectivity index (χ2n) is 4.23. The zero-order valence-electron chi connectivity index (χ0n) is 9.60. The van der Waals surface area contributed by atoms with Crippen LogP contribution in [-0.4, -0.2) is 4.98 Å². The van der Waals surface area contributed by atoms with Gasteiger partial charge in [-0.15, -0.1) is 0 Å². The molecule has 7 heteroatoms. The van der Waals surface area contributed by atoms with Gasteiger partial charge in [-0.1, -0.05) is 11.8 Å². The number of aromatic nitrogens is 1. The Morgan fingerprint density at radius 1 is 0.947 bits per heavy atom. The van der Waals surface area contributed by atoms with E-state index in [-0.39, 0.29) is 12.1 Å². The lowest BCUT2D eigenvalue weighted by Gasteiger charge is -2.11. The van der Waals surface area contributed by atoms with E-state index in [2.05, 4.69) is 11.8 Å². The van der Waals surface area contributed by atoms with Gasteiger partial charge in [0.2, 0.25) is 0 Å². The summed E-state index contributed by atoms with van der Waals surface area (Å²) >= 11 is 0. The quantitative estimate of drug-likeness (QED) is 0.543.